The lowest BCUT2D eigenvalue weighted by Gasteiger charge is -2.23. The Morgan fingerprint density at radius 1 is 1.25 bits per heavy atom. The van der Waals surface area contributed by atoms with Crippen LogP contribution in [0, 0.1) is 12.7 Å². The van der Waals surface area contributed by atoms with Crippen LogP contribution in [0.5, 0.6) is 0 Å². The molecular weight excluding hydrogens is 333 g/mol. The minimum absolute atomic E-state index is 0.0558. The second-order valence-corrected chi connectivity index (χ2v) is 7.30. The standard InChI is InChI=1S/C16H18FN3O3S/c1-11-4-3-5-14(8-11)20(24(2,22)23)10-13-7-6-12(9-15(13)17)16(21)19-18/h3-9H,10,18H2,1-2H3,(H,19,21). The molecule has 3 N–H and O–H groups in total. The third-order valence-electron chi connectivity index (χ3n) is 3.45. The van der Waals surface area contributed by atoms with Gasteiger partial charge in [0.15, 0.2) is 0 Å². The first-order chi connectivity index (χ1) is 11.2. The summed E-state index contributed by atoms with van der Waals surface area (Å²) in [6.07, 6.45) is 1.06. The monoisotopic (exact) mass is 351 g/mol. The minimum atomic E-state index is -3.61. The first-order valence-corrected chi connectivity index (χ1v) is 8.91. The van der Waals surface area contributed by atoms with Crippen molar-refractivity contribution < 1.29 is 17.6 Å². The van der Waals surface area contributed by atoms with Crippen LogP contribution in [-0.4, -0.2) is 20.6 Å². The number of carbonyl (C=O) groups excluding carboxylic acids is 1. The molecule has 0 fully saturated rings. The van der Waals surface area contributed by atoms with Gasteiger partial charge in [-0.2, -0.15) is 0 Å². The SMILES string of the molecule is Cc1cccc(N(Cc2ccc(C(=O)NN)cc2F)S(C)(=O)=O)c1. The average Bonchev–Trinajstić information content (AvgIpc) is 2.51. The zero-order chi connectivity index (χ0) is 17.9. The normalized spacial score (nSPS) is 11.2. The van der Waals surface area contributed by atoms with E-state index in [1.807, 2.05) is 18.4 Å². The molecule has 1 amide bonds. The Hall–Kier alpha value is -2.45. The Labute approximate surface area is 140 Å². The summed E-state index contributed by atoms with van der Waals surface area (Å²) in [6, 6.07) is 10.7. The summed E-state index contributed by atoms with van der Waals surface area (Å²) in [5.74, 6) is 3.70. The highest BCUT2D eigenvalue weighted by Crippen LogP contribution is 2.23. The van der Waals surface area contributed by atoms with Crippen LogP contribution in [0.25, 0.3) is 0 Å². The molecule has 0 radical (unpaired) electrons. The number of benzene rings is 2. The number of nitrogen functional groups attached to an aromatic ring is 1. The number of halogens is 1. The van der Waals surface area contributed by atoms with Crippen molar-refractivity contribution in [2.75, 3.05) is 10.6 Å². The van der Waals surface area contributed by atoms with E-state index in [0.29, 0.717) is 5.69 Å². The number of hydrogen-bond donors (Lipinski definition) is 2. The number of hydrazine groups is 1. The fourth-order valence-electron chi connectivity index (χ4n) is 2.24. The topological polar surface area (TPSA) is 92.5 Å². The van der Waals surface area contributed by atoms with Crippen molar-refractivity contribution in [2.24, 2.45) is 5.84 Å². The van der Waals surface area contributed by atoms with Gasteiger partial charge in [-0.25, -0.2) is 18.7 Å². The number of nitrogens with zero attached hydrogens (tertiary/aromatic N) is 1. The number of hydrogen-bond acceptors (Lipinski definition) is 4. The van der Waals surface area contributed by atoms with E-state index in [9.17, 15) is 17.6 Å². The van der Waals surface area contributed by atoms with E-state index in [1.54, 1.807) is 18.2 Å². The van der Waals surface area contributed by atoms with E-state index >= 15 is 0 Å². The summed E-state index contributed by atoms with van der Waals surface area (Å²) in [5.41, 5.74) is 3.45. The zero-order valence-corrected chi connectivity index (χ0v) is 14.1. The molecule has 0 saturated heterocycles. The summed E-state index contributed by atoms with van der Waals surface area (Å²) in [6.45, 7) is 1.66. The fourth-order valence-corrected chi connectivity index (χ4v) is 3.11. The van der Waals surface area contributed by atoms with Crippen molar-refractivity contribution >= 4 is 21.6 Å². The average molecular weight is 351 g/mol. The number of amides is 1. The number of carbonyl (C=O) groups is 1. The Balaban J connectivity index is 2.39. The smallest absolute Gasteiger partial charge is 0.265 e. The van der Waals surface area contributed by atoms with Crippen LogP contribution >= 0.6 is 0 Å². The van der Waals surface area contributed by atoms with Gasteiger partial charge in [0.1, 0.15) is 5.82 Å². The van der Waals surface area contributed by atoms with E-state index in [4.69, 9.17) is 5.84 Å². The first-order valence-electron chi connectivity index (χ1n) is 7.06. The molecule has 6 nitrogen and oxygen atoms in total. The van der Waals surface area contributed by atoms with Crippen molar-refractivity contribution in [3.63, 3.8) is 0 Å². The van der Waals surface area contributed by atoms with Gasteiger partial charge in [-0.15, -0.1) is 0 Å². The lowest BCUT2D eigenvalue weighted by molar-refractivity contribution is 0.0953. The lowest BCUT2D eigenvalue weighted by atomic mass is 10.1. The van der Waals surface area contributed by atoms with Crippen molar-refractivity contribution in [2.45, 2.75) is 13.5 Å². The predicted octanol–water partition coefficient (Wildman–Crippen LogP) is 1.70. The fraction of sp³-hybridized carbons (Fsp3) is 0.188. The molecule has 2 rings (SSSR count). The Morgan fingerprint density at radius 3 is 2.50 bits per heavy atom. The summed E-state index contributed by atoms with van der Waals surface area (Å²) in [5, 5.41) is 0. The highest BCUT2D eigenvalue weighted by atomic mass is 32.2. The van der Waals surface area contributed by atoms with Crippen LogP contribution in [0.2, 0.25) is 0 Å². The molecule has 0 aliphatic carbocycles. The van der Waals surface area contributed by atoms with E-state index in [0.717, 1.165) is 22.2 Å². The number of nitrogens with two attached hydrogens (primary N) is 1. The van der Waals surface area contributed by atoms with Crippen LogP contribution in [0.4, 0.5) is 10.1 Å². The van der Waals surface area contributed by atoms with Gasteiger partial charge in [0, 0.05) is 11.1 Å². The number of nitrogens with one attached hydrogen (secondary N) is 1. The maximum atomic E-state index is 14.2. The molecule has 0 aliphatic heterocycles. The van der Waals surface area contributed by atoms with Crippen LogP contribution in [0.1, 0.15) is 21.5 Å². The van der Waals surface area contributed by atoms with Gasteiger partial charge in [0.05, 0.1) is 18.5 Å². The van der Waals surface area contributed by atoms with Crippen molar-refractivity contribution in [3.05, 3.63) is 65.0 Å². The molecule has 0 aliphatic rings. The Morgan fingerprint density at radius 2 is 1.96 bits per heavy atom. The maximum Gasteiger partial charge on any atom is 0.265 e. The molecule has 0 heterocycles. The lowest BCUT2D eigenvalue weighted by Crippen LogP contribution is -2.31. The number of aryl methyl sites for hydroxylation is 1. The molecule has 0 unspecified atom stereocenters. The summed E-state index contributed by atoms with van der Waals surface area (Å²) in [7, 11) is -3.61. The molecule has 24 heavy (non-hydrogen) atoms. The molecule has 2 aromatic rings. The quantitative estimate of drug-likeness (QED) is 0.487. The van der Waals surface area contributed by atoms with E-state index in [1.165, 1.54) is 12.1 Å². The van der Waals surface area contributed by atoms with Gasteiger partial charge in [-0.1, -0.05) is 18.2 Å². The predicted molar refractivity (Wildman–Crippen MR) is 90.3 cm³/mol. The van der Waals surface area contributed by atoms with Crippen molar-refractivity contribution in [3.8, 4) is 0 Å². The zero-order valence-electron chi connectivity index (χ0n) is 13.3. The molecule has 8 heteroatoms. The molecule has 0 saturated carbocycles. The number of rotatable bonds is 5. The second-order valence-electron chi connectivity index (χ2n) is 5.39. The molecule has 2 aromatic carbocycles. The van der Waals surface area contributed by atoms with Gasteiger partial charge >= 0.3 is 0 Å². The third kappa shape index (κ3) is 4.09. The van der Waals surface area contributed by atoms with E-state index in [-0.39, 0.29) is 17.7 Å². The third-order valence-corrected chi connectivity index (χ3v) is 4.59. The summed E-state index contributed by atoms with van der Waals surface area (Å²) >= 11 is 0. The first kappa shape index (κ1) is 17.9. The van der Waals surface area contributed by atoms with Gasteiger partial charge in [0.2, 0.25) is 10.0 Å². The van der Waals surface area contributed by atoms with E-state index < -0.39 is 21.7 Å². The van der Waals surface area contributed by atoms with Crippen LogP contribution < -0.4 is 15.6 Å². The number of anilines is 1. The molecule has 0 atom stereocenters. The van der Waals surface area contributed by atoms with Gasteiger partial charge in [0.25, 0.3) is 5.91 Å². The molecule has 0 bridgehead atoms. The van der Waals surface area contributed by atoms with Gasteiger partial charge < -0.3 is 0 Å². The van der Waals surface area contributed by atoms with Crippen molar-refractivity contribution in [1.82, 2.24) is 5.43 Å². The van der Waals surface area contributed by atoms with Gasteiger partial charge in [-0.05, 0) is 36.8 Å². The van der Waals surface area contributed by atoms with E-state index in [2.05, 4.69) is 0 Å². The van der Waals surface area contributed by atoms with Crippen LogP contribution in [-0.2, 0) is 16.6 Å². The van der Waals surface area contributed by atoms with Gasteiger partial charge in [-0.3, -0.25) is 14.5 Å². The Bertz CT molecular complexity index is 869. The highest BCUT2D eigenvalue weighted by molar-refractivity contribution is 7.92. The molecular formula is C16H18FN3O3S. The summed E-state index contributed by atoms with van der Waals surface area (Å²) in [4.78, 5) is 11.4. The summed E-state index contributed by atoms with van der Waals surface area (Å²) < 4.78 is 39.6. The van der Waals surface area contributed by atoms with Crippen LogP contribution in [0.3, 0.4) is 0 Å². The van der Waals surface area contributed by atoms with Crippen molar-refractivity contribution in [1.29, 1.82) is 0 Å². The second kappa shape index (κ2) is 6.98. The maximum absolute atomic E-state index is 14.2. The number of sulfonamides is 1. The Kier molecular flexibility index (Phi) is 5.20. The molecule has 0 spiro atoms. The molecule has 0 aromatic heterocycles. The highest BCUT2D eigenvalue weighted by Gasteiger charge is 2.20. The van der Waals surface area contributed by atoms with Crippen LogP contribution in [0.15, 0.2) is 42.5 Å². The largest absolute Gasteiger partial charge is 0.290 e. The molecule has 128 valence electrons. The minimum Gasteiger partial charge on any atom is -0.290 e.